The van der Waals surface area contributed by atoms with Gasteiger partial charge in [0, 0.05) is 56.4 Å². The Balaban J connectivity index is 1.36. The molecule has 0 spiro atoms. The molecule has 0 bridgehead atoms. The zero-order valence-electron chi connectivity index (χ0n) is 16.7. The first-order valence-electron chi connectivity index (χ1n) is 10.3. The van der Waals surface area contributed by atoms with Crippen LogP contribution in [0.15, 0.2) is 22.4 Å². The lowest BCUT2D eigenvalue weighted by Crippen LogP contribution is -2.57. The lowest BCUT2D eigenvalue weighted by Gasteiger charge is -2.42. The predicted molar refractivity (Wildman–Crippen MR) is 111 cm³/mol. The minimum atomic E-state index is -0.0267. The van der Waals surface area contributed by atoms with E-state index in [4.69, 9.17) is 0 Å². The van der Waals surface area contributed by atoms with Gasteiger partial charge in [-0.2, -0.15) is 0 Å². The van der Waals surface area contributed by atoms with Crippen LogP contribution in [0.25, 0.3) is 4.96 Å². The van der Waals surface area contributed by atoms with E-state index < -0.39 is 0 Å². The van der Waals surface area contributed by atoms with Gasteiger partial charge in [0.15, 0.2) is 4.96 Å². The van der Waals surface area contributed by atoms with Crippen molar-refractivity contribution in [2.75, 3.05) is 32.7 Å². The molecule has 2 aromatic heterocycles. The van der Waals surface area contributed by atoms with E-state index in [0.717, 1.165) is 56.2 Å². The van der Waals surface area contributed by atoms with E-state index in [-0.39, 0.29) is 11.6 Å². The fourth-order valence-corrected chi connectivity index (χ4v) is 5.11. The summed E-state index contributed by atoms with van der Waals surface area (Å²) >= 11 is 1.48. The minimum Gasteiger partial charge on any atom is -0.339 e. The van der Waals surface area contributed by atoms with Gasteiger partial charge in [0.25, 0.3) is 5.56 Å². The molecule has 4 heterocycles. The van der Waals surface area contributed by atoms with Crippen LogP contribution in [-0.2, 0) is 11.3 Å². The summed E-state index contributed by atoms with van der Waals surface area (Å²) in [4.78, 5) is 37.3. The topological polar surface area (TPSA) is 61.2 Å². The summed E-state index contributed by atoms with van der Waals surface area (Å²) < 4.78 is 1.58. The third kappa shape index (κ3) is 3.99. The van der Waals surface area contributed by atoms with Crippen molar-refractivity contribution in [1.82, 2.24) is 24.1 Å². The average molecular weight is 404 g/mol. The minimum absolute atomic E-state index is 0.0267. The number of carbonyl (C=O) groups is 1. The van der Waals surface area contributed by atoms with E-state index in [9.17, 15) is 9.59 Å². The molecule has 2 saturated heterocycles. The van der Waals surface area contributed by atoms with Gasteiger partial charge in [-0.3, -0.25) is 23.8 Å². The second-order valence-electron chi connectivity index (χ2n) is 8.09. The van der Waals surface area contributed by atoms with Crippen molar-refractivity contribution in [2.45, 2.75) is 51.7 Å². The summed E-state index contributed by atoms with van der Waals surface area (Å²) in [7, 11) is 0. The second-order valence-corrected chi connectivity index (χ2v) is 8.96. The molecule has 7 nitrogen and oxygen atoms in total. The quantitative estimate of drug-likeness (QED) is 0.777. The van der Waals surface area contributed by atoms with Crippen LogP contribution in [-0.4, -0.2) is 74.8 Å². The summed E-state index contributed by atoms with van der Waals surface area (Å²) in [5.41, 5.74) is 0.784. The van der Waals surface area contributed by atoms with E-state index in [1.807, 2.05) is 10.3 Å². The number of piperidine rings is 1. The van der Waals surface area contributed by atoms with E-state index >= 15 is 0 Å². The number of carbonyl (C=O) groups excluding carboxylic acids is 1. The standard InChI is InChI=1S/C20H29N5O2S/c1-15(2)24-6-4-3-5-17(24)19(27)23-9-7-22(8-10-23)14-16-13-18(26)25-11-12-28-20(25)21-16/h11-13,15,17H,3-10,14H2,1-2H3. The molecule has 2 aliphatic heterocycles. The van der Waals surface area contributed by atoms with Crippen LogP contribution in [0.5, 0.6) is 0 Å². The number of hydrogen-bond acceptors (Lipinski definition) is 6. The Kier molecular flexibility index (Phi) is 5.80. The summed E-state index contributed by atoms with van der Waals surface area (Å²) in [6.45, 7) is 9.21. The van der Waals surface area contributed by atoms with Crippen molar-refractivity contribution in [3.63, 3.8) is 0 Å². The third-order valence-corrected chi connectivity index (χ3v) is 6.67. The molecule has 0 saturated carbocycles. The van der Waals surface area contributed by atoms with E-state index in [1.54, 1.807) is 16.7 Å². The molecule has 0 radical (unpaired) electrons. The van der Waals surface area contributed by atoms with Crippen LogP contribution in [0.2, 0.25) is 0 Å². The number of likely N-dealkylation sites (tertiary alicyclic amines) is 1. The molecule has 28 heavy (non-hydrogen) atoms. The van der Waals surface area contributed by atoms with Gasteiger partial charge in [-0.25, -0.2) is 4.98 Å². The van der Waals surface area contributed by atoms with Crippen LogP contribution >= 0.6 is 11.3 Å². The van der Waals surface area contributed by atoms with Crippen molar-refractivity contribution in [1.29, 1.82) is 0 Å². The zero-order chi connectivity index (χ0) is 19.7. The van der Waals surface area contributed by atoms with Crippen LogP contribution in [0.3, 0.4) is 0 Å². The zero-order valence-corrected chi connectivity index (χ0v) is 17.5. The molecule has 1 atom stereocenters. The fraction of sp³-hybridized carbons (Fsp3) is 0.650. The lowest BCUT2D eigenvalue weighted by atomic mass is 9.99. The Morgan fingerprint density at radius 3 is 2.75 bits per heavy atom. The molecule has 1 unspecified atom stereocenters. The van der Waals surface area contributed by atoms with Gasteiger partial charge in [0.2, 0.25) is 5.91 Å². The predicted octanol–water partition coefficient (Wildman–Crippen LogP) is 1.66. The molecule has 2 aromatic rings. The SMILES string of the molecule is CC(C)N1CCCCC1C(=O)N1CCN(Cc2cc(=O)n3ccsc3n2)CC1. The van der Waals surface area contributed by atoms with Crippen molar-refractivity contribution in [3.8, 4) is 0 Å². The maximum absolute atomic E-state index is 13.1. The van der Waals surface area contributed by atoms with Gasteiger partial charge < -0.3 is 4.90 Å². The summed E-state index contributed by atoms with van der Waals surface area (Å²) in [6, 6.07) is 2.08. The summed E-state index contributed by atoms with van der Waals surface area (Å²) in [5, 5.41) is 1.88. The molecule has 0 N–H and O–H groups in total. The number of fused-ring (bicyclic) bond motifs is 1. The molecule has 152 valence electrons. The Hall–Kier alpha value is -1.77. The van der Waals surface area contributed by atoms with E-state index in [1.165, 1.54) is 17.8 Å². The highest BCUT2D eigenvalue weighted by Gasteiger charge is 2.34. The van der Waals surface area contributed by atoms with Gasteiger partial charge in [-0.05, 0) is 33.2 Å². The largest absolute Gasteiger partial charge is 0.339 e. The van der Waals surface area contributed by atoms with Crippen LogP contribution in [0, 0.1) is 0 Å². The fourth-order valence-electron chi connectivity index (χ4n) is 4.37. The number of rotatable bonds is 4. The molecule has 0 aliphatic carbocycles. The number of nitrogens with zero attached hydrogens (tertiary/aromatic N) is 5. The van der Waals surface area contributed by atoms with E-state index in [0.29, 0.717) is 18.5 Å². The molecule has 8 heteroatoms. The maximum atomic E-state index is 13.1. The number of thiazole rings is 1. The highest BCUT2D eigenvalue weighted by Crippen LogP contribution is 2.22. The molecule has 2 fully saturated rings. The van der Waals surface area contributed by atoms with Crippen molar-refractivity contribution in [2.24, 2.45) is 0 Å². The lowest BCUT2D eigenvalue weighted by molar-refractivity contribution is -0.141. The van der Waals surface area contributed by atoms with Gasteiger partial charge in [0.1, 0.15) is 0 Å². The number of piperazine rings is 1. The van der Waals surface area contributed by atoms with Gasteiger partial charge >= 0.3 is 0 Å². The molecular formula is C20H29N5O2S. The monoisotopic (exact) mass is 403 g/mol. The van der Waals surface area contributed by atoms with Crippen LogP contribution < -0.4 is 5.56 Å². The maximum Gasteiger partial charge on any atom is 0.258 e. The van der Waals surface area contributed by atoms with Crippen molar-refractivity contribution in [3.05, 3.63) is 33.7 Å². The Morgan fingerprint density at radius 1 is 1.21 bits per heavy atom. The number of aromatic nitrogens is 2. The van der Waals surface area contributed by atoms with Gasteiger partial charge in [0.05, 0.1) is 11.7 Å². The number of amides is 1. The molecule has 1 amide bonds. The van der Waals surface area contributed by atoms with Crippen LogP contribution in [0.4, 0.5) is 0 Å². The Bertz CT molecular complexity index is 884. The smallest absolute Gasteiger partial charge is 0.258 e. The summed E-state index contributed by atoms with van der Waals surface area (Å²) in [6.07, 6.45) is 5.07. The van der Waals surface area contributed by atoms with E-state index in [2.05, 4.69) is 28.6 Å². The highest BCUT2D eigenvalue weighted by molar-refractivity contribution is 7.15. The third-order valence-electron chi connectivity index (χ3n) is 5.92. The first-order valence-corrected chi connectivity index (χ1v) is 11.1. The highest BCUT2D eigenvalue weighted by atomic mass is 32.1. The number of hydrogen-bond donors (Lipinski definition) is 0. The molecule has 0 aromatic carbocycles. The van der Waals surface area contributed by atoms with Gasteiger partial charge in [-0.1, -0.05) is 6.42 Å². The van der Waals surface area contributed by atoms with Crippen LogP contribution in [0.1, 0.15) is 38.8 Å². The Morgan fingerprint density at radius 2 is 2.00 bits per heavy atom. The summed E-state index contributed by atoms with van der Waals surface area (Å²) in [5.74, 6) is 0.296. The van der Waals surface area contributed by atoms with Crippen molar-refractivity contribution >= 4 is 22.2 Å². The second kappa shape index (κ2) is 8.31. The van der Waals surface area contributed by atoms with Gasteiger partial charge in [-0.15, -0.1) is 11.3 Å². The Labute approximate surface area is 169 Å². The molecule has 4 rings (SSSR count). The first-order chi connectivity index (χ1) is 13.5. The normalized spacial score (nSPS) is 22.2. The van der Waals surface area contributed by atoms with Crippen molar-refractivity contribution < 1.29 is 4.79 Å². The first kappa shape index (κ1) is 19.5. The molecule has 2 aliphatic rings. The average Bonchev–Trinajstić information content (AvgIpc) is 3.17. The molecular weight excluding hydrogens is 374 g/mol.